The fourth-order valence-electron chi connectivity index (χ4n) is 1.57. The predicted molar refractivity (Wildman–Crippen MR) is 55.3 cm³/mol. The van der Waals surface area contributed by atoms with Crippen molar-refractivity contribution < 1.29 is 14.6 Å². The van der Waals surface area contributed by atoms with Gasteiger partial charge in [0.25, 0.3) is 0 Å². The molecule has 1 fully saturated rings. The first kappa shape index (κ1) is 12.0. The van der Waals surface area contributed by atoms with Crippen molar-refractivity contribution in [1.82, 2.24) is 0 Å². The van der Waals surface area contributed by atoms with Crippen molar-refractivity contribution in [3.63, 3.8) is 0 Å². The van der Waals surface area contributed by atoms with E-state index in [2.05, 4.69) is 13.8 Å². The maximum absolute atomic E-state index is 9.46. The van der Waals surface area contributed by atoms with E-state index in [0.29, 0.717) is 0 Å². The Morgan fingerprint density at radius 2 is 1.93 bits per heavy atom. The van der Waals surface area contributed by atoms with Gasteiger partial charge in [0.2, 0.25) is 0 Å². The van der Waals surface area contributed by atoms with Gasteiger partial charge in [0, 0.05) is 19.6 Å². The molecule has 14 heavy (non-hydrogen) atoms. The summed E-state index contributed by atoms with van der Waals surface area (Å²) in [6.45, 7) is 5.72. The van der Waals surface area contributed by atoms with E-state index in [1.54, 1.807) is 0 Å². The van der Waals surface area contributed by atoms with Crippen LogP contribution in [0, 0.1) is 0 Å². The van der Waals surface area contributed by atoms with Crippen molar-refractivity contribution in [3.8, 4) is 0 Å². The van der Waals surface area contributed by atoms with Gasteiger partial charge in [-0.2, -0.15) is 0 Å². The van der Waals surface area contributed by atoms with Crippen LogP contribution in [0.3, 0.4) is 0 Å². The lowest BCUT2D eigenvalue weighted by Gasteiger charge is -2.40. The van der Waals surface area contributed by atoms with E-state index in [0.717, 1.165) is 38.9 Å². The van der Waals surface area contributed by atoms with Gasteiger partial charge in [0.05, 0.1) is 12.2 Å². The Labute approximate surface area is 86.4 Å². The Bertz CT molecular complexity index is 149. The number of hydrogen-bond acceptors (Lipinski definition) is 3. The van der Waals surface area contributed by atoms with Crippen LogP contribution in [0.25, 0.3) is 0 Å². The van der Waals surface area contributed by atoms with Gasteiger partial charge in [0.1, 0.15) is 6.10 Å². The highest BCUT2D eigenvalue weighted by atomic mass is 16.6. The molecular weight excluding hydrogens is 180 g/mol. The summed E-state index contributed by atoms with van der Waals surface area (Å²) >= 11 is 0. The van der Waals surface area contributed by atoms with E-state index in [-0.39, 0.29) is 18.3 Å². The molecule has 0 amide bonds. The van der Waals surface area contributed by atoms with Gasteiger partial charge in [-0.05, 0) is 12.8 Å². The standard InChI is InChI=1S/C11H22O3/c1-3-5-7-13-10-8-9(12)11(10)14-6-4-2/h9-12H,3-8H2,1-2H3. The summed E-state index contributed by atoms with van der Waals surface area (Å²) in [5, 5.41) is 9.46. The highest BCUT2D eigenvalue weighted by Gasteiger charge is 2.41. The fraction of sp³-hybridized carbons (Fsp3) is 1.00. The summed E-state index contributed by atoms with van der Waals surface area (Å²) in [4.78, 5) is 0. The minimum absolute atomic E-state index is 0.0770. The SMILES string of the molecule is CCCCOC1CC(O)C1OCCC. The normalized spacial score (nSPS) is 31.5. The first-order valence-corrected chi connectivity index (χ1v) is 5.70. The monoisotopic (exact) mass is 202 g/mol. The molecule has 1 saturated carbocycles. The van der Waals surface area contributed by atoms with Crippen LogP contribution in [0.2, 0.25) is 0 Å². The molecule has 0 aromatic rings. The van der Waals surface area contributed by atoms with E-state index >= 15 is 0 Å². The van der Waals surface area contributed by atoms with Crippen LogP contribution < -0.4 is 0 Å². The molecular formula is C11H22O3. The second-order valence-corrected chi connectivity index (χ2v) is 3.90. The van der Waals surface area contributed by atoms with Crippen LogP contribution in [0.1, 0.15) is 39.5 Å². The predicted octanol–water partition coefficient (Wildman–Crippen LogP) is 1.73. The van der Waals surface area contributed by atoms with Gasteiger partial charge in [-0.1, -0.05) is 20.3 Å². The molecule has 0 saturated heterocycles. The molecule has 1 aliphatic carbocycles. The number of aliphatic hydroxyl groups excluding tert-OH is 1. The summed E-state index contributed by atoms with van der Waals surface area (Å²) < 4.78 is 11.1. The molecule has 1 rings (SSSR count). The average Bonchev–Trinajstić information content (AvgIpc) is 2.17. The van der Waals surface area contributed by atoms with Gasteiger partial charge in [-0.15, -0.1) is 0 Å². The van der Waals surface area contributed by atoms with Crippen molar-refractivity contribution in [3.05, 3.63) is 0 Å². The number of ether oxygens (including phenoxy) is 2. The van der Waals surface area contributed by atoms with E-state index in [1.165, 1.54) is 0 Å². The van der Waals surface area contributed by atoms with Crippen LogP contribution in [-0.4, -0.2) is 36.6 Å². The third-order valence-corrected chi connectivity index (χ3v) is 2.56. The molecule has 3 unspecified atom stereocenters. The summed E-state index contributed by atoms with van der Waals surface area (Å²) in [6, 6.07) is 0. The molecule has 84 valence electrons. The van der Waals surface area contributed by atoms with Gasteiger partial charge in [-0.25, -0.2) is 0 Å². The third kappa shape index (κ3) is 3.23. The van der Waals surface area contributed by atoms with E-state index in [1.807, 2.05) is 0 Å². The summed E-state index contributed by atoms with van der Waals surface area (Å²) in [5.41, 5.74) is 0. The quantitative estimate of drug-likeness (QED) is 0.639. The number of unbranched alkanes of at least 4 members (excludes halogenated alkanes) is 1. The van der Waals surface area contributed by atoms with Crippen LogP contribution in [0.5, 0.6) is 0 Å². The fourth-order valence-corrected chi connectivity index (χ4v) is 1.57. The summed E-state index contributed by atoms with van der Waals surface area (Å²) in [7, 11) is 0. The van der Waals surface area contributed by atoms with Gasteiger partial charge in [-0.3, -0.25) is 0 Å². The van der Waals surface area contributed by atoms with Crippen LogP contribution in [0.15, 0.2) is 0 Å². The van der Waals surface area contributed by atoms with Gasteiger partial charge >= 0.3 is 0 Å². The number of rotatable bonds is 7. The topological polar surface area (TPSA) is 38.7 Å². The molecule has 0 aromatic heterocycles. The van der Waals surface area contributed by atoms with E-state index in [9.17, 15) is 5.11 Å². The minimum atomic E-state index is -0.312. The van der Waals surface area contributed by atoms with Crippen LogP contribution in [0.4, 0.5) is 0 Å². The van der Waals surface area contributed by atoms with Gasteiger partial charge in [0.15, 0.2) is 0 Å². The second kappa shape index (κ2) is 6.38. The molecule has 0 aromatic carbocycles. The molecule has 0 spiro atoms. The minimum Gasteiger partial charge on any atom is -0.390 e. The smallest absolute Gasteiger partial charge is 0.110 e. The van der Waals surface area contributed by atoms with Crippen molar-refractivity contribution >= 4 is 0 Å². The highest BCUT2D eigenvalue weighted by Crippen LogP contribution is 2.27. The maximum atomic E-state index is 9.46. The first-order chi connectivity index (χ1) is 6.79. The van der Waals surface area contributed by atoms with Crippen LogP contribution >= 0.6 is 0 Å². The van der Waals surface area contributed by atoms with Crippen LogP contribution in [-0.2, 0) is 9.47 Å². The molecule has 1 aliphatic rings. The first-order valence-electron chi connectivity index (χ1n) is 5.70. The summed E-state index contributed by atoms with van der Waals surface area (Å²) in [6.07, 6.45) is 3.70. The molecule has 0 aliphatic heterocycles. The molecule has 0 heterocycles. The Balaban J connectivity index is 2.12. The highest BCUT2D eigenvalue weighted by molar-refractivity contribution is 4.91. The number of hydrogen-bond donors (Lipinski definition) is 1. The van der Waals surface area contributed by atoms with Crippen molar-refractivity contribution in [2.45, 2.75) is 57.8 Å². The Hall–Kier alpha value is -0.120. The Morgan fingerprint density at radius 1 is 1.14 bits per heavy atom. The zero-order chi connectivity index (χ0) is 10.4. The van der Waals surface area contributed by atoms with E-state index in [4.69, 9.17) is 9.47 Å². The largest absolute Gasteiger partial charge is 0.390 e. The molecule has 0 radical (unpaired) electrons. The zero-order valence-corrected chi connectivity index (χ0v) is 9.24. The molecule has 3 heteroatoms. The maximum Gasteiger partial charge on any atom is 0.110 e. The Kier molecular flexibility index (Phi) is 5.45. The molecule has 0 bridgehead atoms. The van der Waals surface area contributed by atoms with Crippen molar-refractivity contribution in [2.24, 2.45) is 0 Å². The lowest BCUT2D eigenvalue weighted by Crippen LogP contribution is -2.53. The van der Waals surface area contributed by atoms with Crippen molar-refractivity contribution in [1.29, 1.82) is 0 Å². The van der Waals surface area contributed by atoms with Crippen molar-refractivity contribution in [2.75, 3.05) is 13.2 Å². The zero-order valence-electron chi connectivity index (χ0n) is 9.24. The number of aliphatic hydroxyl groups is 1. The van der Waals surface area contributed by atoms with Gasteiger partial charge < -0.3 is 14.6 Å². The average molecular weight is 202 g/mol. The molecule has 1 N–H and O–H groups in total. The molecule has 3 atom stereocenters. The van der Waals surface area contributed by atoms with E-state index < -0.39 is 0 Å². The Morgan fingerprint density at radius 3 is 2.50 bits per heavy atom. The lowest BCUT2D eigenvalue weighted by atomic mass is 9.88. The molecule has 3 nitrogen and oxygen atoms in total. The lowest BCUT2D eigenvalue weighted by molar-refractivity contribution is -0.192. The third-order valence-electron chi connectivity index (χ3n) is 2.56. The summed E-state index contributed by atoms with van der Waals surface area (Å²) in [5.74, 6) is 0. The second-order valence-electron chi connectivity index (χ2n) is 3.90.